The Morgan fingerprint density at radius 3 is 2.26 bits per heavy atom. The summed E-state index contributed by atoms with van der Waals surface area (Å²) in [6, 6.07) is 7.00. The summed E-state index contributed by atoms with van der Waals surface area (Å²) in [7, 11) is 4.15. The molecule has 0 saturated carbocycles. The Bertz CT molecular complexity index is 402. The first-order chi connectivity index (χ1) is 8.90. The second-order valence-corrected chi connectivity index (χ2v) is 5.43. The van der Waals surface area contributed by atoms with Gasteiger partial charge in [-0.2, -0.15) is 0 Å². The molecule has 0 saturated heterocycles. The summed E-state index contributed by atoms with van der Waals surface area (Å²) in [6.45, 7) is 5.26. The maximum absolute atomic E-state index is 10.6. The van der Waals surface area contributed by atoms with Crippen LogP contribution in [-0.4, -0.2) is 36.5 Å². The lowest BCUT2D eigenvalue weighted by Crippen LogP contribution is -2.35. The molecule has 1 atom stereocenters. The van der Waals surface area contributed by atoms with E-state index in [9.17, 15) is 10.1 Å². The number of likely N-dealkylation sites (N-methyl/N-ethyl adjacent to an activating group) is 1. The lowest BCUT2D eigenvalue weighted by Gasteiger charge is -2.26. The van der Waals surface area contributed by atoms with Crippen molar-refractivity contribution in [2.24, 2.45) is 5.92 Å². The predicted molar refractivity (Wildman–Crippen MR) is 78.5 cm³/mol. The van der Waals surface area contributed by atoms with Gasteiger partial charge in [0, 0.05) is 30.4 Å². The summed E-state index contributed by atoms with van der Waals surface area (Å²) < 4.78 is 0. The van der Waals surface area contributed by atoms with E-state index in [0.717, 1.165) is 18.7 Å². The molecule has 19 heavy (non-hydrogen) atoms. The number of benzene rings is 1. The standard InChI is InChI=1S/C14H23N3O2/c1-11(2)9-14(16(3)4)10-15-12-5-7-13(8-6-12)17(18)19/h5-8,11,14-15H,9-10H2,1-4H3. The fourth-order valence-corrected chi connectivity index (χ4v) is 1.96. The molecule has 0 amide bonds. The van der Waals surface area contributed by atoms with Gasteiger partial charge >= 0.3 is 0 Å². The second-order valence-electron chi connectivity index (χ2n) is 5.43. The molecule has 1 aromatic rings. The van der Waals surface area contributed by atoms with Crippen molar-refractivity contribution >= 4 is 11.4 Å². The average molecular weight is 265 g/mol. The van der Waals surface area contributed by atoms with E-state index in [1.807, 2.05) is 0 Å². The molecule has 0 spiro atoms. The zero-order valence-electron chi connectivity index (χ0n) is 12.1. The summed E-state index contributed by atoms with van der Waals surface area (Å²) >= 11 is 0. The zero-order valence-corrected chi connectivity index (χ0v) is 12.1. The first kappa shape index (κ1) is 15.4. The van der Waals surface area contributed by atoms with Gasteiger partial charge in [0.2, 0.25) is 0 Å². The molecule has 0 aliphatic rings. The quantitative estimate of drug-likeness (QED) is 0.608. The lowest BCUT2D eigenvalue weighted by molar-refractivity contribution is -0.384. The van der Waals surface area contributed by atoms with E-state index in [2.05, 4.69) is 38.2 Å². The highest BCUT2D eigenvalue weighted by atomic mass is 16.6. The summed E-state index contributed by atoms with van der Waals surface area (Å²) in [4.78, 5) is 12.4. The Morgan fingerprint density at radius 2 is 1.84 bits per heavy atom. The molecule has 1 N–H and O–H groups in total. The number of non-ortho nitro benzene ring substituents is 1. The Kier molecular flexibility index (Phi) is 5.76. The molecule has 0 fully saturated rings. The predicted octanol–water partition coefficient (Wildman–Crippen LogP) is 2.98. The molecule has 1 rings (SSSR count). The third-order valence-corrected chi connectivity index (χ3v) is 3.09. The van der Waals surface area contributed by atoms with Crippen LogP contribution in [0.15, 0.2) is 24.3 Å². The van der Waals surface area contributed by atoms with Crippen molar-refractivity contribution in [2.45, 2.75) is 26.3 Å². The van der Waals surface area contributed by atoms with Gasteiger partial charge in [-0.25, -0.2) is 0 Å². The first-order valence-corrected chi connectivity index (χ1v) is 6.55. The summed E-state index contributed by atoms with van der Waals surface area (Å²) in [5.41, 5.74) is 1.04. The van der Waals surface area contributed by atoms with Gasteiger partial charge in [0.25, 0.3) is 5.69 Å². The molecule has 0 aliphatic heterocycles. The summed E-state index contributed by atoms with van der Waals surface area (Å²) in [5, 5.41) is 13.9. The van der Waals surface area contributed by atoms with Crippen molar-refractivity contribution in [3.63, 3.8) is 0 Å². The van der Waals surface area contributed by atoms with Crippen molar-refractivity contribution < 1.29 is 4.92 Å². The van der Waals surface area contributed by atoms with Gasteiger partial charge in [-0.3, -0.25) is 10.1 Å². The lowest BCUT2D eigenvalue weighted by atomic mass is 10.0. The topological polar surface area (TPSA) is 58.4 Å². The van der Waals surface area contributed by atoms with Gasteiger partial charge < -0.3 is 10.2 Å². The number of rotatable bonds is 7. The normalized spacial score (nSPS) is 12.7. The number of anilines is 1. The van der Waals surface area contributed by atoms with Crippen molar-refractivity contribution in [1.29, 1.82) is 0 Å². The Hall–Kier alpha value is -1.62. The molecule has 5 heteroatoms. The monoisotopic (exact) mass is 265 g/mol. The Morgan fingerprint density at radius 1 is 1.26 bits per heavy atom. The smallest absolute Gasteiger partial charge is 0.269 e. The maximum atomic E-state index is 10.6. The molecule has 0 aromatic heterocycles. The first-order valence-electron chi connectivity index (χ1n) is 6.55. The van der Waals surface area contributed by atoms with Crippen LogP contribution in [0.25, 0.3) is 0 Å². The van der Waals surface area contributed by atoms with Gasteiger partial charge in [-0.05, 0) is 38.6 Å². The second kappa shape index (κ2) is 7.09. The summed E-state index contributed by atoms with van der Waals surface area (Å²) in [6.07, 6.45) is 1.12. The molecule has 106 valence electrons. The van der Waals surface area contributed by atoms with E-state index < -0.39 is 0 Å². The highest BCUT2D eigenvalue weighted by Gasteiger charge is 2.13. The number of hydrogen-bond donors (Lipinski definition) is 1. The van der Waals surface area contributed by atoms with E-state index >= 15 is 0 Å². The van der Waals surface area contributed by atoms with Crippen molar-refractivity contribution in [3.8, 4) is 0 Å². The minimum absolute atomic E-state index is 0.122. The van der Waals surface area contributed by atoms with E-state index in [4.69, 9.17) is 0 Å². The van der Waals surface area contributed by atoms with E-state index in [-0.39, 0.29) is 10.6 Å². The third-order valence-electron chi connectivity index (χ3n) is 3.09. The van der Waals surface area contributed by atoms with Crippen LogP contribution in [0.2, 0.25) is 0 Å². The van der Waals surface area contributed by atoms with E-state index in [1.54, 1.807) is 12.1 Å². The van der Waals surface area contributed by atoms with Crippen molar-refractivity contribution in [2.75, 3.05) is 26.0 Å². The molecular formula is C14H23N3O2. The van der Waals surface area contributed by atoms with Gasteiger partial charge in [-0.15, -0.1) is 0 Å². The minimum atomic E-state index is -0.384. The highest BCUT2D eigenvalue weighted by Crippen LogP contribution is 2.16. The van der Waals surface area contributed by atoms with Crippen molar-refractivity contribution in [1.82, 2.24) is 4.90 Å². The zero-order chi connectivity index (χ0) is 14.4. The van der Waals surface area contributed by atoms with Crippen LogP contribution in [-0.2, 0) is 0 Å². The summed E-state index contributed by atoms with van der Waals surface area (Å²) in [5.74, 6) is 0.645. The molecule has 0 radical (unpaired) electrons. The van der Waals surface area contributed by atoms with E-state index in [0.29, 0.717) is 12.0 Å². The minimum Gasteiger partial charge on any atom is -0.383 e. The van der Waals surface area contributed by atoms with Gasteiger partial charge in [0.1, 0.15) is 0 Å². The third kappa shape index (κ3) is 5.26. The fraction of sp³-hybridized carbons (Fsp3) is 0.571. The molecule has 0 heterocycles. The molecule has 0 bridgehead atoms. The van der Waals surface area contributed by atoms with Crippen LogP contribution < -0.4 is 5.32 Å². The number of nitrogens with zero attached hydrogens (tertiary/aromatic N) is 2. The number of nitrogens with one attached hydrogen (secondary N) is 1. The van der Waals surface area contributed by atoms with Gasteiger partial charge in [0.15, 0.2) is 0 Å². The Labute approximate surface area is 114 Å². The van der Waals surface area contributed by atoms with Crippen LogP contribution >= 0.6 is 0 Å². The van der Waals surface area contributed by atoms with Crippen LogP contribution in [0.1, 0.15) is 20.3 Å². The largest absolute Gasteiger partial charge is 0.383 e. The Balaban J connectivity index is 2.56. The highest BCUT2D eigenvalue weighted by molar-refractivity contribution is 5.48. The van der Waals surface area contributed by atoms with Crippen molar-refractivity contribution in [3.05, 3.63) is 34.4 Å². The van der Waals surface area contributed by atoms with Gasteiger partial charge in [-0.1, -0.05) is 13.8 Å². The van der Waals surface area contributed by atoms with E-state index in [1.165, 1.54) is 12.1 Å². The maximum Gasteiger partial charge on any atom is 0.269 e. The number of nitro groups is 1. The van der Waals surface area contributed by atoms with Gasteiger partial charge in [0.05, 0.1) is 4.92 Å². The van der Waals surface area contributed by atoms with Crippen LogP contribution in [0.3, 0.4) is 0 Å². The number of nitro benzene ring substituents is 1. The SMILES string of the molecule is CC(C)CC(CNc1ccc([N+](=O)[O-])cc1)N(C)C. The van der Waals surface area contributed by atoms with Crippen LogP contribution in [0.4, 0.5) is 11.4 Å². The molecule has 1 aromatic carbocycles. The molecule has 0 aliphatic carbocycles. The number of hydrogen-bond acceptors (Lipinski definition) is 4. The molecule has 5 nitrogen and oxygen atoms in total. The fourth-order valence-electron chi connectivity index (χ4n) is 1.96. The van der Waals surface area contributed by atoms with Crippen LogP contribution in [0, 0.1) is 16.0 Å². The molecular weight excluding hydrogens is 242 g/mol. The molecule has 1 unspecified atom stereocenters. The average Bonchev–Trinajstić information content (AvgIpc) is 2.34. The van der Waals surface area contributed by atoms with Crippen LogP contribution in [0.5, 0.6) is 0 Å².